The van der Waals surface area contributed by atoms with Crippen LogP contribution in [0.2, 0.25) is 0 Å². The standard InChI is InChI=1S/C12H21NO2S/c14-16(15)9-11(13-7-3-4-8-13)10-5-1-2-6-12(10)16/h10-12H,1-9H2. The first kappa shape index (κ1) is 11.0. The van der Waals surface area contributed by atoms with Crippen LogP contribution < -0.4 is 0 Å². The fourth-order valence-electron chi connectivity index (χ4n) is 3.95. The van der Waals surface area contributed by atoms with Gasteiger partial charge in [0.15, 0.2) is 9.84 Å². The maximum Gasteiger partial charge on any atom is 0.155 e. The Hall–Kier alpha value is -0.0900. The first-order valence-electron chi connectivity index (χ1n) is 6.64. The van der Waals surface area contributed by atoms with Crippen molar-refractivity contribution < 1.29 is 8.42 Å². The molecule has 2 aliphatic heterocycles. The van der Waals surface area contributed by atoms with Crippen LogP contribution in [-0.2, 0) is 9.84 Å². The minimum Gasteiger partial charge on any atom is -0.299 e. The molecule has 0 aromatic carbocycles. The van der Waals surface area contributed by atoms with E-state index in [0.29, 0.717) is 17.7 Å². The molecule has 0 spiro atoms. The molecule has 92 valence electrons. The average Bonchev–Trinajstić information content (AvgIpc) is 2.86. The smallest absolute Gasteiger partial charge is 0.155 e. The van der Waals surface area contributed by atoms with Gasteiger partial charge in [0.05, 0.1) is 11.0 Å². The van der Waals surface area contributed by atoms with Gasteiger partial charge >= 0.3 is 0 Å². The third-order valence-electron chi connectivity index (χ3n) is 4.72. The molecular weight excluding hydrogens is 222 g/mol. The van der Waals surface area contributed by atoms with E-state index in [1.165, 1.54) is 19.3 Å². The predicted molar refractivity (Wildman–Crippen MR) is 64.1 cm³/mol. The van der Waals surface area contributed by atoms with Crippen molar-refractivity contribution in [2.24, 2.45) is 5.92 Å². The Morgan fingerprint density at radius 3 is 2.38 bits per heavy atom. The summed E-state index contributed by atoms with van der Waals surface area (Å²) in [5.74, 6) is 0.902. The fourth-order valence-corrected chi connectivity index (χ4v) is 6.50. The van der Waals surface area contributed by atoms with Gasteiger partial charge in [0.2, 0.25) is 0 Å². The molecule has 0 amide bonds. The van der Waals surface area contributed by atoms with Crippen LogP contribution in [0.1, 0.15) is 38.5 Å². The third kappa shape index (κ3) is 1.70. The van der Waals surface area contributed by atoms with Crippen LogP contribution in [0.25, 0.3) is 0 Å². The molecule has 0 aromatic heterocycles. The van der Waals surface area contributed by atoms with Crippen molar-refractivity contribution in [3.63, 3.8) is 0 Å². The van der Waals surface area contributed by atoms with E-state index in [2.05, 4.69) is 4.90 Å². The lowest BCUT2D eigenvalue weighted by Gasteiger charge is -2.32. The maximum absolute atomic E-state index is 12.1. The van der Waals surface area contributed by atoms with E-state index in [4.69, 9.17) is 0 Å². The molecule has 0 bridgehead atoms. The number of nitrogens with zero attached hydrogens (tertiary/aromatic N) is 1. The van der Waals surface area contributed by atoms with Crippen LogP contribution in [-0.4, -0.2) is 43.5 Å². The van der Waals surface area contributed by atoms with Crippen molar-refractivity contribution in [1.29, 1.82) is 0 Å². The molecule has 0 N–H and O–H groups in total. The van der Waals surface area contributed by atoms with Crippen molar-refractivity contribution in [1.82, 2.24) is 4.90 Å². The molecule has 3 nitrogen and oxygen atoms in total. The van der Waals surface area contributed by atoms with Crippen LogP contribution in [0.15, 0.2) is 0 Å². The van der Waals surface area contributed by atoms with Crippen LogP contribution >= 0.6 is 0 Å². The van der Waals surface area contributed by atoms with E-state index < -0.39 is 9.84 Å². The van der Waals surface area contributed by atoms with Crippen molar-refractivity contribution >= 4 is 9.84 Å². The van der Waals surface area contributed by atoms with Crippen molar-refractivity contribution in [2.45, 2.75) is 49.8 Å². The summed E-state index contributed by atoms with van der Waals surface area (Å²) in [5.41, 5.74) is 0. The van der Waals surface area contributed by atoms with Gasteiger partial charge in [-0.15, -0.1) is 0 Å². The van der Waals surface area contributed by atoms with Gasteiger partial charge in [-0.3, -0.25) is 4.90 Å². The van der Waals surface area contributed by atoms with Crippen LogP contribution in [0, 0.1) is 5.92 Å². The van der Waals surface area contributed by atoms with Gasteiger partial charge in [-0.25, -0.2) is 8.42 Å². The second-order valence-corrected chi connectivity index (χ2v) is 7.89. The van der Waals surface area contributed by atoms with Gasteiger partial charge in [-0.1, -0.05) is 12.8 Å². The summed E-state index contributed by atoms with van der Waals surface area (Å²) in [6.07, 6.45) is 6.94. The molecule has 4 heteroatoms. The zero-order valence-electron chi connectivity index (χ0n) is 9.77. The molecule has 3 atom stereocenters. The molecule has 2 saturated heterocycles. The monoisotopic (exact) mass is 243 g/mol. The average molecular weight is 243 g/mol. The number of hydrogen-bond acceptors (Lipinski definition) is 3. The molecule has 1 aliphatic carbocycles. The lowest BCUT2D eigenvalue weighted by atomic mass is 9.84. The number of likely N-dealkylation sites (tertiary alicyclic amines) is 1. The van der Waals surface area contributed by atoms with Gasteiger partial charge < -0.3 is 0 Å². The van der Waals surface area contributed by atoms with Crippen molar-refractivity contribution in [2.75, 3.05) is 18.8 Å². The van der Waals surface area contributed by atoms with Crippen LogP contribution in [0.4, 0.5) is 0 Å². The molecule has 16 heavy (non-hydrogen) atoms. The van der Waals surface area contributed by atoms with Gasteiger partial charge in [0, 0.05) is 6.04 Å². The van der Waals surface area contributed by atoms with Crippen LogP contribution in [0.3, 0.4) is 0 Å². The summed E-state index contributed by atoms with van der Waals surface area (Å²) >= 11 is 0. The van der Waals surface area contributed by atoms with E-state index in [1.54, 1.807) is 0 Å². The lowest BCUT2D eigenvalue weighted by molar-refractivity contribution is 0.176. The topological polar surface area (TPSA) is 37.4 Å². The Morgan fingerprint density at radius 1 is 0.938 bits per heavy atom. The first-order valence-corrected chi connectivity index (χ1v) is 8.36. The number of rotatable bonds is 1. The zero-order chi connectivity index (χ0) is 11.2. The minimum absolute atomic E-state index is 0.00634. The highest BCUT2D eigenvalue weighted by Crippen LogP contribution is 2.41. The maximum atomic E-state index is 12.1. The molecule has 2 heterocycles. The Kier molecular flexibility index (Phi) is 2.75. The molecular formula is C12H21NO2S. The summed E-state index contributed by atoms with van der Waals surface area (Å²) in [5, 5.41) is 0.00634. The lowest BCUT2D eigenvalue weighted by Crippen LogP contribution is -2.40. The van der Waals surface area contributed by atoms with E-state index in [0.717, 1.165) is 32.4 Å². The normalized spacial score (nSPS) is 43.4. The Morgan fingerprint density at radius 2 is 1.62 bits per heavy atom. The summed E-state index contributed by atoms with van der Waals surface area (Å²) in [7, 11) is -2.78. The zero-order valence-corrected chi connectivity index (χ0v) is 10.6. The summed E-state index contributed by atoms with van der Waals surface area (Å²) in [4.78, 5) is 2.45. The molecule has 3 rings (SSSR count). The predicted octanol–water partition coefficient (Wildman–Crippen LogP) is 1.44. The number of hydrogen-bond donors (Lipinski definition) is 0. The van der Waals surface area contributed by atoms with Gasteiger partial charge in [0.1, 0.15) is 0 Å². The number of sulfone groups is 1. The van der Waals surface area contributed by atoms with Gasteiger partial charge in [-0.05, 0) is 44.7 Å². The molecule has 0 radical (unpaired) electrons. The van der Waals surface area contributed by atoms with E-state index >= 15 is 0 Å². The number of fused-ring (bicyclic) bond motifs is 1. The molecule has 1 saturated carbocycles. The highest BCUT2D eigenvalue weighted by Gasteiger charge is 2.49. The summed E-state index contributed by atoms with van der Waals surface area (Å²) < 4.78 is 24.3. The minimum atomic E-state index is -2.78. The third-order valence-corrected chi connectivity index (χ3v) is 7.04. The Bertz CT molecular complexity index is 359. The van der Waals surface area contributed by atoms with Crippen molar-refractivity contribution in [3.8, 4) is 0 Å². The molecule has 3 aliphatic rings. The van der Waals surface area contributed by atoms with E-state index in [1.807, 2.05) is 0 Å². The summed E-state index contributed by atoms with van der Waals surface area (Å²) in [6.45, 7) is 2.26. The Labute approximate surface area is 98.1 Å². The van der Waals surface area contributed by atoms with E-state index in [9.17, 15) is 8.42 Å². The fraction of sp³-hybridized carbons (Fsp3) is 1.00. The van der Waals surface area contributed by atoms with Gasteiger partial charge in [-0.2, -0.15) is 0 Å². The largest absolute Gasteiger partial charge is 0.299 e. The van der Waals surface area contributed by atoms with Gasteiger partial charge in [0.25, 0.3) is 0 Å². The Balaban J connectivity index is 1.84. The molecule has 3 fully saturated rings. The second kappa shape index (κ2) is 3.98. The molecule has 0 aromatic rings. The SMILES string of the molecule is O=S1(=O)CC(N2CCCC2)C2CCCCC21. The quantitative estimate of drug-likeness (QED) is 0.699. The first-order chi connectivity index (χ1) is 7.68. The second-order valence-electron chi connectivity index (χ2n) is 5.63. The summed E-state index contributed by atoms with van der Waals surface area (Å²) in [6, 6.07) is 0.359. The highest BCUT2D eigenvalue weighted by atomic mass is 32.2. The molecule has 3 unspecified atom stereocenters. The van der Waals surface area contributed by atoms with Crippen LogP contribution in [0.5, 0.6) is 0 Å². The highest BCUT2D eigenvalue weighted by molar-refractivity contribution is 7.92. The van der Waals surface area contributed by atoms with Crippen molar-refractivity contribution in [3.05, 3.63) is 0 Å². The van der Waals surface area contributed by atoms with E-state index in [-0.39, 0.29) is 5.25 Å².